The minimum absolute atomic E-state index is 0.226. The predicted molar refractivity (Wildman–Crippen MR) is 69.7 cm³/mol. The molecule has 19 heavy (non-hydrogen) atoms. The second-order valence-corrected chi connectivity index (χ2v) is 4.88. The molecule has 0 saturated carbocycles. The van der Waals surface area contributed by atoms with Crippen LogP contribution in [0.3, 0.4) is 0 Å². The molecule has 0 atom stereocenters. The van der Waals surface area contributed by atoms with E-state index in [2.05, 4.69) is 10.1 Å². The summed E-state index contributed by atoms with van der Waals surface area (Å²) in [6.07, 6.45) is 5.81. The number of rotatable bonds is 2. The smallest absolute Gasteiger partial charge is 0.339 e. The van der Waals surface area contributed by atoms with Crippen LogP contribution in [0.5, 0.6) is 0 Å². The van der Waals surface area contributed by atoms with E-state index in [4.69, 9.17) is 0 Å². The highest BCUT2D eigenvalue weighted by atomic mass is 16.4. The SMILES string of the molecule is Cc1ccn(-c2nc3c(cc2C(=O)O)CCCC3)n1. The lowest BCUT2D eigenvalue weighted by Crippen LogP contribution is -2.14. The van der Waals surface area contributed by atoms with Gasteiger partial charge >= 0.3 is 5.97 Å². The summed E-state index contributed by atoms with van der Waals surface area (Å²) in [5.41, 5.74) is 3.15. The Kier molecular flexibility index (Phi) is 2.81. The number of hydrogen-bond acceptors (Lipinski definition) is 3. The van der Waals surface area contributed by atoms with E-state index in [0.717, 1.165) is 42.6 Å². The first-order chi connectivity index (χ1) is 9.15. The Labute approximate surface area is 110 Å². The van der Waals surface area contributed by atoms with Gasteiger partial charge in [0.15, 0.2) is 5.82 Å². The third kappa shape index (κ3) is 2.12. The molecule has 0 saturated heterocycles. The first kappa shape index (κ1) is 11.9. The van der Waals surface area contributed by atoms with Crippen molar-refractivity contribution in [2.24, 2.45) is 0 Å². The number of carboxylic acid groups (broad SMARTS) is 1. The van der Waals surface area contributed by atoms with Crippen LogP contribution in [0.2, 0.25) is 0 Å². The van der Waals surface area contributed by atoms with Gasteiger partial charge in [0.25, 0.3) is 0 Å². The van der Waals surface area contributed by atoms with Crippen molar-refractivity contribution < 1.29 is 9.90 Å². The third-order valence-corrected chi connectivity index (χ3v) is 3.45. The van der Waals surface area contributed by atoms with Gasteiger partial charge in [-0.05, 0) is 50.3 Å². The fraction of sp³-hybridized carbons (Fsp3) is 0.357. The van der Waals surface area contributed by atoms with Crippen LogP contribution in [0.1, 0.15) is 40.2 Å². The highest BCUT2D eigenvalue weighted by molar-refractivity contribution is 5.91. The maximum atomic E-state index is 11.4. The molecule has 1 N–H and O–H groups in total. The van der Waals surface area contributed by atoms with Gasteiger partial charge in [-0.3, -0.25) is 0 Å². The predicted octanol–water partition coefficient (Wildman–Crippen LogP) is 2.15. The van der Waals surface area contributed by atoms with Crippen molar-refractivity contribution in [3.8, 4) is 5.82 Å². The van der Waals surface area contributed by atoms with Crippen LogP contribution >= 0.6 is 0 Å². The van der Waals surface area contributed by atoms with Crippen molar-refractivity contribution in [3.05, 3.63) is 40.8 Å². The summed E-state index contributed by atoms with van der Waals surface area (Å²) in [6.45, 7) is 1.87. The monoisotopic (exact) mass is 257 g/mol. The Morgan fingerprint density at radius 1 is 1.37 bits per heavy atom. The molecule has 2 heterocycles. The highest BCUT2D eigenvalue weighted by Gasteiger charge is 2.20. The fourth-order valence-electron chi connectivity index (χ4n) is 2.49. The molecule has 0 unspecified atom stereocenters. The molecule has 0 amide bonds. The highest BCUT2D eigenvalue weighted by Crippen LogP contribution is 2.24. The van der Waals surface area contributed by atoms with E-state index in [-0.39, 0.29) is 5.56 Å². The number of hydrogen-bond donors (Lipinski definition) is 1. The van der Waals surface area contributed by atoms with Crippen LogP contribution in [0.15, 0.2) is 18.3 Å². The van der Waals surface area contributed by atoms with Gasteiger partial charge in [-0.1, -0.05) is 0 Å². The maximum Gasteiger partial charge on any atom is 0.339 e. The number of nitrogens with zero attached hydrogens (tertiary/aromatic N) is 3. The zero-order valence-electron chi connectivity index (χ0n) is 10.8. The molecule has 2 aromatic rings. The van der Waals surface area contributed by atoms with E-state index in [1.807, 2.05) is 13.0 Å². The largest absolute Gasteiger partial charge is 0.478 e. The Bertz CT molecular complexity index is 646. The van der Waals surface area contributed by atoms with Crippen LogP contribution < -0.4 is 0 Å². The number of aromatic carboxylic acids is 1. The quantitative estimate of drug-likeness (QED) is 0.895. The molecule has 1 aliphatic carbocycles. The minimum Gasteiger partial charge on any atom is -0.478 e. The van der Waals surface area contributed by atoms with Gasteiger partial charge in [0.1, 0.15) is 5.56 Å². The number of pyridine rings is 1. The standard InChI is InChI=1S/C14H15N3O2/c1-9-6-7-17(16-9)13-11(14(18)19)8-10-4-2-3-5-12(10)15-13/h6-8H,2-5H2,1H3,(H,18,19). The van der Waals surface area contributed by atoms with Crippen molar-refractivity contribution in [2.45, 2.75) is 32.6 Å². The first-order valence-electron chi connectivity index (χ1n) is 6.44. The molecule has 1 aliphatic rings. The average Bonchev–Trinajstić information content (AvgIpc) is 2.83. The molecule has 5 heteroatoms. The molecule has 5 nitrogen and oxygen atoms in total. The molecule has 0 bridgehead atoms. The van der Waals surface area contributed by atoms with E-state index in [1.165, 1.54) is 0 Å². The zero-order valence-corrected chi connectivity index (χ0v) is 10.8. The van der Waals surface area contributed by atoms with Gasteiger partial charge < -0.3 is 5.11 Å². The van der Waals surface area contributed by atoms with Crippen molar-refractivity contribution in [2.75, 3.05) is 0 Å². The normalized spacial score (nSPS) is 14.2. The van der Waals surface area contributed by atoms with E-state index in [9.17, 15) is 9.90 Å². The third-order valence-electron chi connectivity index (χ3n) is 3.45. The van der Waals surface area contributed by atoms with Crippen LogP contribution in [0.4, 0.5) is 0 Å². The topological polar surface area (TPSA) is 68.0 Å². The second-order valence-electron chi connectivity index (χ2n) is 4.88. The van der Waals surface area contributed by atoms with Gasteiger partial charge in [-0.2, -0.15) is 5.10 Å². The molecule has 3 rings (SSSR count). The second kappa shape index (κ2) is 4.50. The summed E-state index contributed by atoms with van der Waals surface area (Å²) < 4.78 is 1.55. The molecule has 0 radical (unpaired) electrons. The number of fused-ring (bicyclic) bond motifs is 1. The van der Waals surface area contributed by atoms with Crippen LogP contribution in [-0.4, -0.2) is 25.8 Å². The molecule has 0 spiro atoms. The van der Waals surface area contributed by atoms with Crippen molar-refractivity contribution >= 4 is 5.97 Å². The van der Waals surface area contributed by atoms with Gasteiger partial charge in [0.05, 0.1) is 5.69 Å². The van der Waals surface area contributed by atoms with E-state index >= 15 is 0 Å². The average molecular weight is 257 g/mol. The van der Waals surface area contributed by atoms with Crippen molar-refractivity contribution in [3.63, 3.8) is 0 Å². The van der Waals surface area contributed by atoms with Gasteiger partial charge in [-0.25, -0.2) is 14.5 Å². The van der Waals surface area contributed by atoms with E-state index in [1.54, 1.807) is 16.9 Å². The summed E-state index contributed by atoms with van der Waals surface area (Å²) in [6, 6.07) is 3.60. The maximum absolute atomic E-state index is 11.4. The Hall–Kier alpha value is -2.17. The van der Waals surface area contributed by atoms with Crippen LogP contribution in [0.25, 0.3) is 5.82 Å². The molecule has 0 fully saturated rings. The van der Waals surface area contributed by atoms with Crippen LogP contribution in [0, 0.1) is 6.92 Å². The van der Waals surface area contributed by atoms with Crippen LogP contribution in [-0.2, 0) is 12.8 Å². The number of aromatic nitrogens is 3. The van der Waals surface area contributed by atoms with Gasteiger partial charge in [0.2, 0.25) is 0 Å². The van der Waals surface area contributed by atoms with Gasteiger partial charge in [-0.15, -0.1) is 0 Å². The van der Waals surface area contributed by atoms with Gasteiger partial charge in [0, 0.05) is 11.9 Å². The van der Waals surface area contributed by atoms with Crippen molar-refractivity contribution in [1.82, 2.24) is 14.8 Å². The molecular formula is C14H15N3O2. The Balaban J connectivity index is 2.18. The number of carboxylic acids is 1. The summed E-state index contributed by atoms with van der Waals surface area (Å²) in [4.78, 5) is 15.9. The molecular weight excluding hydrogens is 242 g/mol. The summed E-state index contributed by atoms with van der Waals surface area (Å²) in [7, 11) is 0. The summed E-state index contributed by atoms with van der Waals surface area (Å²) in [5, 5.41) is 13.6. The first-order valence-corrected chi connectivity index (χ1v) is 6.44. The van der Waals surface area contributed by atoms with E-state index < -0.39 is 5.97 Å². The van der Waals surface area contributed by atoms with Crippen molar-refractivity contribution in [1.29, 1.82) is 0 Å². The number of carbonyl (C=O) groups is 1. The summed E-state index contributed by atoms with van der Waals surface area (Å²) >= 11 is 0. The summed E-state index contributed by atoms with van der Waals surface area (Å²) in [5.74, 6) is -0.537. The lowest BCUT2D eigenvalue weighted by Gasteiger charge is -2.17. The van der Waals surface area contributed by atoms with E-state index in [0.29, 0.717) is 5.82 Å². The molecule has 98 valence electrons. The number of aryl methyl sites for hydroxylation is 3. The Morgan fingerprint density at radius 3 is 2.84 bits per heavy atom. The molecule has 0 aromatic carbocycles. The fourth-order valence-corrected chi connectivity index (χ4v) is 2.49. The lowest BCUT2D eigenvalue weighted by molar-refractivity contribution is 0.0696. The lowest BCUT2D eigenvalue weighted by atomic mass is 9.95. The Morgan fingerprint density at radius 2 is 2.16 bits per heavy atom. The zero-order chi connectivity index (χ0) is 13.4. The molecule has 0 aliphatic heterocycles. The minimum atomic E-state index is -0.955. The molecule has 2 aromatic heterocycles.